The van der Waals surface area contributed by atoms with Crippen LogP contribution < -0.4 is 4.90 Å². The summed E-state index contributed by atoms with van der Waals surface area (Å²) in [5, 5.41) is 4.48. The zero-order valence-corrected chi connectivity index (χ0v) is 19.4. The van der Waals surface area contributed by atoms with Crippen molar-refractivity contribution in [2.45, 2.75) is 0 Å². The number of hydrogen-bond donors (Lipinski definition) is 0. The number of fused-ring (bicyclic) bond motifs is 5. The number of pyridine rings is 2. The van der Waals surface area contributed by atoms with Gasteiger partial charge in [-0.3, -0.25) is 9.97 Å². The molecule has 3 aromatic heterocycles. The molecule has 0 spiro atoms. The third-order valence-electron chi connectivity index (χ3n) is 6.55. The second-order valence-electron chi connectivity index (χ2n) is 8.67. The fourth-order valence-electron chi connectivity index (χ4n) is 4.95. The maximum Gasteiger partial charge on any atom is 0.0802 e. The molecule has 170 valence electrons. The molecule has 1 aliphatic heterocycles. The van der Waals surface area contributed by atoms with E-state index in [4.69, 9.17) is 4.98 Å². The van der Waals surface area contributed by atoms with Crippen LogP contribution in [0.2, 0.25) is 0 Å². The van der Waals surface area contributed by atoms with E-state index in [1.54, 1.807) is 6.20 Å². The van der Waals surface area contributed by atoms with Crippen molar-refractivity contribution < 1.29 is 0 Å². The maximum atomic E-state index is 4.83. The molecule has 36 heavy (non-hydrogen) atoms. The molecule has 0 saturated carbocycles. The second kappa shape index (κ2) is 8.32. The van der Waals surface area contributed by atoms with Gasteiger partial charge in [-0.25, -0.2) is 4.68 Å². The van der Waals surface area contributed by atoms with Crippen molar-refractivity contribution in [3.63, 3.8) is 0 Å². The van der Waals surface area contributed by atoms with E-state index in [1.807, 2.05) is 53.6 Å². The summed E-state index contributed by atoms with van der Waals surface area (Å²) in [6, 6.07) is 35.6. The Morgan fingerprint density at radius 3 is 2.31 bits per heavy atom. The largest absolute Gasteiger partial charge is 0.309 e. The minimum Gasteiger partial charge on any atom is -0.309 e. The third-order valence-corrected chi connectivity index (χ3v) is 6.55. The Hall–Kier alpha value is -5.03. The topological polar surface area (TPSA) is 46.8 Å². The highest BCUT2D eigenvalue weighted by molar-refractivity contribution is 6.01. The second-order valence-corrected chi connectivity index (χ2v) is 8.67. The molecule has 7 rings (SSSR count). The number of benzene rings is 3. The molecular formula is C31H21N5. The Bertz CT molecular complexity index is 1690. The third kappa shape index (κ3) is 3.29. The van der Waals surface area contributed by atoms with E-state index in [0.29, 0.717) is 0 Å². The molecule has 0 fully saturated rings. The van der Waals surface area contributed by atoms with Crippen LogP contribution in [0.25, 0.3) is 39.3 Å². The van der Waals surface area contributed by atoms with E-state index >= 15 is 0 Å². The molecule has 0 unspecified atom stereocenters. The van der Waals surface area contributed by atoms with Gasteiger partial charge in [-0.15, -0.1) is 0 Å². The molecule has 0 bridgehead atoms. The van der Waals surface area contributed by atoms with Crippen molar-refractivity contribution in [3.8, 4) is 39.3 Å². The number of rotatable bonds is 3. The van der Waals surface area contributed by atoms with Crippen LogP contribution in [-0.2, 0) is 0 Å². The molecule has 1 aliphatic rings. The smallest absolute Gasteiger partial charge is 0.0802 e. The first-order valence-corrected chi connectivity index (χ1v) is 11.9. The minimum absolute atomic E-state index is 0.943. The highest BCUT2D eigenvalue weighted by Crippen LogP contribution is 2.50. The van der Waals surface area contributed by atoms with Gasteiger partial charge in [-0.2, -0.15) is 5.10 Å². The lowest BCUT2D eigenvalue weighted by atomic mass is 9.99. The first-order valence-electron chi connectivity index (χ1n) is 11.9. The van der Waals surface area contributed by atoms with Gasteiger partial charge in [0.05, 0.1) is 28.5 Å². The predicted octanol–water partition coefficient (Wildman–Crippen LogP) is 7.45. The van der Waals surface area contributed by atoms with E-state index in [9.17, 15) is 0 Å². The first kappa shape index (κ1) is 20.4. The molecule has 0 radical (unpaired) electrons. The molecule has 3 aromatic carbocycles. The normalized spacial score (nSPS) is 11.8. The molecule has 0 atom stereocenters. The number of anilines is 3. The predicted molar refractivity (Wildman–Crippen MR) is 144 cm³/mol. The van der Waals surface area contributed by atoms with Crippen LogP contribution in [0.3, 0.4) is 0 Å². The molecule has 6 aromatic rings. The van der Waals surface area contributed by atoms with Crippen LogP contribution in [0, 0.1) is 0 Å². The van der Waals surface area contributed by atoms with E-state index in [2.05, 4.69) is 87.8 Å². The summed E-state index contributed by atoms with van der Waals surface area (Å²) >= 11 is 0. The van der Waals surface area contributed by atoms with Gasteiger partial charge in [0.1, 0.15) is 0 Å². The van der Waals surface area contributed by atoms with Crippen molar-refractivity contribution in [1.29, 1.82) is 0 Å². The molecule has 5 heteroatoms. The lowest BCUT2D eigenvalue weighted by Gasteiger charge is -2.28. The van der Waals surface area contributed by atoms with Crippen LogP contribution in [0.4, 0.5) is 17.1 Å². The summed E-state index contributed by atoms with van der Waals surface area (Å²) in [5.41, 5.74) is 10.5. The summed E-state index contributed by atoms with van der Waals surface area (Å²) in [7, 11) is 0. The van der Waals surface area contributed by atoms with Crippen LogP contribution >= 0.6 is 0 Å². The molecule has 0 amide bonds. The van der Waals surface area contributed by atoms with Crippen LogP contribution in [0.5, 0.6) is 0 Å². The molecule has 0 aliphatic carbocycles. The van der Waals surface area contributed by atoms with E-state index in [0.717, 1.165) is 56.4 Å². The first-order chi connectivity index (χ1) is 17.9. The van der Waals surface area contributed by atoms with E-state index < -0.39 is 0 Å². The van der Waals surface area contributed by atoms with E-state index in [1.165, 1.54) is 0 Å². The van der Waals surface area contributed by atoms with Crippen LogP contribution in [-0.4, -0.2) is 19.7 Å². The minimum atomic E-state index is 0.943. The van der Waals surface area contributed by atoms with Crippen LogP contribution in [0.1, 0.15) is 0 Å². The molecule has 4 heterocycles. The lowest BCUT2D eigenvalue weighted by molar-refractivity contribution is 0.880. The van der Waals surface area contributed by atoms with Gasteiger partial charge in [0.2, 0.25) is 0 Å². The van der Waals surface area contributed by atoms with Crippen molar-refractivity contribution in [2.24, 2.45) is 0 Å². The molecule has 5 nitrogen and oxygen atoms in total. The Labute approximate surface area is 209 Å². The fourth-order valence-corrected chi connectivity index (χ4v) is 4.95. The summed E-state index contributed by atoms with van der Waals surface area (Å²) < 4.78 is 1.89. The molecule has 0 saturated heterocycles. The standard InChI is InChI=1S/C31H21N5/c1-2-13-29-27(10-1)31-26(11-6-17-33-31)25-15-14-23(35-19-7-18-34-35)21-30(25)36(29)24-9-5-8-22(20-24)28-12-3-4-16-32-28/h1-21H. The summed E-state index contributed by atoms with van der Waals surface area (Å²) in [4.78, 5) is 11.7. The fraction of sp³-hybridized carbons (Fsp3) is 0. The number of aromatic nitrogens is 4. The number of para-hydroxylation sites is 1. The highest BCUT2D eigenvalue weighted by atomic mass is 15.3. The van der Waals surface area contributed by atoms with Gasteiger partial charge in [0, 0.05) is 52.7 Å². The zero-order valence-electron chi connectivity index (χ0n) is 19.4. The quantitative estimate of drug-likeness (QED) is 0.273. The number of nitrogens with zero attached hydrogens (tertiary/aromatic N) is 5. The van der Waals surface area contributed by atoms with E-state index in [-0.39, 0.29) is 0 Å². The van der Waals surface area contributed by atoms with Gasteiger partial charge >= 0.3 is 0 Å². The molecular weight excluding hydrogens is 442 g/mol. The van der Waals surface area contributed by atoms with Gasteiger partial charge in [0.15, 0.2) is 0 Å². The van der Waals surface area contributed by atoms with Gasteiger partial charge in [-0.05, 0) is 54.6 Å². The van der Waals surface area contributed by atoms with Crippen LogP contribution in [0.15, 0.2) is 128 Å². The summed E-state index contributed by atoms with van der Waals surface area (Å²) in [6.45, 7) is 0. The molecule has 0 N–H and O–H groups in total. The van der Waals surface area contributed by atoms with Gasteiger partial charge in [-0.1, -0.05) is 48.5 Å². The van der Waals surface area contributed by atoms with Gasteiger partial charge < -0.3 is 4.90 Å². The Balaban J connectivity index is 1.53. The SMILES string of the molecule is c1ccc(-c2cccc(N3c4cc(-n5cccn5)ccc4-c4cccnc4-c4ccccc43)c2)nc1. The monoisotopic (exact) mass is 463 g/mol. The van der Waals surface area contributed by atoms with Crippen molar-refractivity contribution in [2.75, 3.05) is 4.90 Å². The lowest BCUT2D eigenvalue weighted by Crippen LogP contribution is -2.12. The van der Waals surface area contributed by atoms with Crippen molar-refractivity contribution >= 4 is 17.1 Å². The average Bonchev–Trinajstić information content (AvgIpc) is 3.46. The Kier molecular flexibility index (Phi) is 4.71. The average molecular weight is 464 g/mol. The zero-order chi connectivity index (χ0) is 23.9. The summed E-state index contributed by atoms with van der Waals surface area (Å²) in [6.07, 6.45) is 7.46. The number of hydrogen-bond acceptors (Lipinski definition) is 4. The summed E-state index contributed by atoms with van der Waals surface area (Å²) in [5.74, 6) is 0. The Morgan fingerprint density at radius 2 is 1.42 bits per heavy atom. The maximum absolute atomic E-state index is 4.83. The highest BCUT2D eigenvalue weighted by Gasteiger charge is 2.27. The van der Waals surface area contributed by atoms with Gasteiger partial charge in [0.25, 0.3) is 0 Å². The van der Waals surface area contributed by atoms with Crippen molar-refractivity contribution in [3.05, 3.63) is 128 Å². The van der Waals surface area contributed by atoms with Crippen molar-refractivity contribution in [1.82, 2.24) is 19.7 Å². The Morgan fingerprint density at radius 1 is 0.528 bits per heavy atom.